The standard InChI is InChI=1S/C24H35N3O4/c1-30-20-8-5-7-19(23(20)31-2)15-25-12-6-10-24(17-25)11-14-27(18-24)22(29)16-26-13-4-3-9-21(26)28/h5,7-8H,3-4,6,9-18H2,1-2H3/t24-/m0/s1. The molecule has 3 fully saturated rings. The first-order valence-electron chi connectivity index (χ1n) is 11.5. The molecule has 170 valence electrons. The molecule has 1 aromatic rings. The van der Waals surface area contributed by atoms with Crippen LogP contribution in [0.15, 0.2) is 18.2 Å². The number of carbonyl (C=O) groups is 2. The van der Waals surface area contributed by atoms with Gasteiger partial charge in [0.2, 0.25) is 11.8 Å². The first kappa shape index (κ1) is 21.9. The third-order valence-electron chi connectivity index (χ3n) is 7.16. The molecule has 3 aliphatic rings. The molecule has 31 heavy (non-hydrogen) atoms. The fourth-order valence-electron chi connectivity index (χ4n) is 5.54. The van der Waals surface area contributed by atoms with Crippen LogP contribution in [0, 0.1) is 5.41 Å². The maximum atomic E-state index is 12.9. The minimum atomic E-state index is 0.110. The average molecular weight is 430 g/mol. The predicted molar refractivity (Wildman–Crippen MR) is 118 cm³/mol. The van der Waals surface area contributed by atoms with Gasteiger partial charge in [0.1, 0.15) is 0 Å². The summed E-state index contributed by atoms with van der Waals surface area (Å²) in [5, 5.41) is 0. The second kappa shape index (κ2) is 9.47. The molecule has 0 aliphatic carbocycles. The summed E-state index contributed by atoms with van der Waals surface area (Å²) in [7, 11) is 3.35. The maximum Gasteiger partial charge on any atom is 0.242 e. The van der Waals surface area contributed by atoms with Crippen molar-refractivity contribution >= 4 is 11.8 Å². The lowest BCUT2D eigenvalue weighted by molar-refractivity contribution is -0.141. The maximum absolute atomic E-state index is 12.9. The molecular weight excluding hydrogens is 394 g/mol. The smallest absolute Gasteiger partial charge is 0.242 e. The summed E-state index contributed by atoms with van der Waals surface area (Å²) in [4.78, 5) is 31.2. The molecule has 3 aliphatic heterocycles. The molecule has 0 unspecified atom stereocenters. The van der Waals surface area contributed by atoms with Crippen LogP contribution in [-0.2, 0) is 16.1 Å². The number of para-hydroxylation sites is 1. The first-order valence-corrected chi connectivity index (χ1v) is 11.5. The monoisotopic (exact) mass is 429 g/mol. The molecule has 0 saturated carbocycles. The van der Waals surface area contributed by atoms with Gasteiger partial charge < -0.3 is 19.3 Å². The van der Waals surface area contributed by atoms with Crippen molar-refractivity contribution in [1.82, 2.24) is 14.7 Å². The van der Waals surface area contributed by atoms with Gasteiger partial charge in [0.25, 0.3) is 0 Å². The number of piperidine rings is 2. The summed E-state index contributed by atoms with van der Waals surface area (Å²) >= 11 is 0. The molecule has 3 heterocycles. The van der Waals surface area contributed by atoms with Crippen LogP contribution < -0.4 is 9.47 Å². The van der Waals surface area contributed by atoms with E-state index in [9.17, 15) is 9.59 Å². The minimum absolute atomic E-state index is 0.110. The van der Waals surface area contributed by atoms with Gasteiger partial charge in [-0.05, 0) is 44.7 Å². The van der Waals surface area contributed by atoms with Gasteiger partial charge in [-0.15, -0.1) is 0 Å². The van der Waals surface area contributed by atoms with Crippen molar-refractivity contribution in [2.45, 2.75) is 45.1 Å². The van der Waals surface area contributed by atoms with Gasteiger partial charge in [-0.25, -0.2) is 0 Å². The molecule has 0 bridgehead atoms. The SMILES string of the molecule is COc1cccc(CN2CCC[C@]3(CCN(C(=O)CN4CCCCC4=O)C3)C2)c1OC. The van der Waals surface area contributed by atoms with Crippen LogP contribution in [0.3, 0.4) is 0 Å². The van der Waals surface area contributed by atoms with E-state index < -0.39 is 0 Å². The molecule has 7 heteroatoms. The Balaban J connectivity index is 1.37. The first-order chi connectivity index (χ1) is 15.0. The van der Waals surface area contributed by atoms with E-state index in [0.717, 1.165) is 88.4 Å². The van der Waals surface area contributed by atoms with Crippen molar-refractivity contribution in [2.24, 2.45) is 5.41 Å². The summed E-state index contributed by atoms with van der Waals surface area (Å²) in [5.74, 6) is 1.80. The summed E-state index contributed by atoms with van der Waals surface area (Å²) in [6.45, 7) is 5.44. The van der Waals surface area contributed by atoms with E-state index in [1.165, 1.54) is 0 Å². The van der Waals surface area contributed by atoms with E-state index in [4.69, 9.17) is 9.47 Å². The van der Waals surface area contributed by atoms with Crippen LogP contribution in [0.2, 0.25) is 0 Å². The quantitative estimate of drug-likeness (QED) is 0.696. The molecule has 1 spiro atoms. The molecule has 4 rings (SSSR count). The van der Waals surface area contributed by atoms with E-state index in [2.05, 4.69) is 11.0 Å². The number of methoxy groups -OCH3 is 2. The zero-order valence-corrected chi connectivity index (χ0v) is 18.9. The highest BCUT2D eigenvalue weighted by atomic mass is 16.5. The van der Waals surface area contributed by atoms with Crippen LogP contribution in [-0.4, -0.2) is 80.0 Å². The van der Waals surface area contributed by atoms with Crippen molar-refractivity contribution in [3.05, 3.63) is 23.8 Å². The Hall–Kier alpha value is -2.28. The molecular formula is C24H35N3O4. The lowest BCUT2D eigenvalue weighted by Gasteiger charge is -2.40. The second-order valence-corrected chi connectivity index (χ2v) is 9.30. The number of carbonyl (C=O) groups excluding carboxylic acids is 2. The van der Waals surface area contributed by atoms with E-state index in [0.29, 0.717) is 6.42 Å². The van der Waals surface area contributed by atoms with Crippen molar-refractivity contribution in [3.8, 4) is 11.5 Å². The van der Waals surface area contributed by atoms with Crippen LogP contribution in [0.1, 0.15) is 44.1 Å². The van der Waals surface area contributed by atoms with E-state index in [1.807, 2.05) is 17.0 Å². The Morgan fingerprint density at radius 2 is 1.90 bits per heavy atom. The summed E-state index contributed by atoms with van der Waals surface area (Å²) < 4.78 is 11.1. The predicted octanol–water partition coefficient (Wildman–Crippen LogP) is 2.53. The Kier molecular flexibility index (Phi) is 6.70. The molecule has 0 N–H and O–H groups in total. The molecule has 1 atom stereocenters. The molecule has 0 radical (unpaired) electrons. The van der Waals surface area contributed by atoms with Gasteiger partial charge in [-0.1, -0.05) is 12.1 Å². The number of ether oxygens (including phenoxy) is 2. The molecule has 1 aromatic carbocycles. The van der Waals surface area contributed by atoms with Gasteiger partial charge >= 0.3 is 0 Å². The Morgan fingerprint density at radius 3 is 2.68 bits per heavy atom. The van der Waals surface area contributed by atoms with E-state index in [-0.39, 0.29) is 23.8 Å². The molecule has 2 amide bonds. The Labute approximate surface area is 185 Å². The Morgan fingerprint density at radius 1 is 1.03 bits per heavy atom. The minimum Gasteiger partial charge on any atom is -0.493 e. The van der Waals surface area contributed by atoms with Crippen LogP contribution in [0.4, 0.5) is 0 Å². The van der Waals surface area contributed by atoms with E-state index >= 15 is 0 Å². The average Bonchev–Trinajstić information content (AvgIpc) is 3.18. The second-order valence-electron chi connectivity index (χ2n) is 9.30. The zero-order chi connectivity index (χ0) is 21.8. The van der Waals surface area contributed by atoms with Crippen molar-refractivity contribution < 1.29 is 19.1 Å². The number of hydrogen-bond acceptors (Lipinski definition) is 5. The van der Waals surface area contributed by atoms with Gasteiger partial charge in [-0.2, -0.15) is 0 Å². The van der Waals surface area contributed by atoms with Crippen molar-refractivity contribution in [1.29, 1.82) is 0 Å². The van der Waals surface area contributed by atoms with E-state index in [1.54, 1.807) is 19.1 Å². The highest BCUT2D eigenvalue weighted by Gasteiger charge is 2.43. The number of nitrogens with zero attached hydrogens (tertiary/aromatic N) is 3. The molecule has 7 nitrogen and oxygen atoms in total. The summed E-state index contributed by atoms with van der Waals surface area (Å²) in [6, 6.07) is 6.03. The largest absolute Gasteiger partial charge is 0.493 e. The van der Waals surface area contributed by atoms with Crippen molar-refractivity contribution in [3.63, 3.8) is 0 Å². The lowest BCUT2D eigenvalue weighted by atomic mass is 9.79. The van der Waals surface area contributed by atoms with Gasteiger partial charge in [0, 0.05) is 50.1 Å². The van der Waals surface area contributed by atoms with Crippen LogP contribution in [0.5, 0.6) is 11.5 Å². The van der Waals surface area contributed by atoms with Gasteiger partial charge in [0.05, 0.1) is 20.8 Å². The van der Waals surface area contributed by atoms with Gasteiger partial charge in [0.15, 0.2) is 11.5 Å². The number of rotatable bonds is 6. The fourth-order valence-corrected chi connectivity index (χ4v) is 5.54. The topological polar surface area (TPSA) is 62.3 Å². The number of likely N-dealkylation sites (tertiary alicyclic amines) is 3. The zero-order valence-electron chi connectivity index (χ0n) is 18.9. The Bertz CT molecular complexity index is 814. The highest BCUT2D eigenvalue weighted by molar-refractivity contribution is 5.85. The third kappa shape index (κ3) is 4.81. The van der Waals surface area contributed by atoms with Crippen LogP contribution >= 0.6 is 0 Å². The lowest BCUT2D eigenvalue weighted by Crippen LogP contribution is -2.47. The normalized spacial score (nSPS) is 24.6. The number of hydrogen-bond donors (Lipinski definition) is 0. The summed E-state index contributed by atoms with van der Waals surface area (Å²) in [5.41, 5.74) is 1.29. The fraction of sp³-hybridized carbons (Fsp3) is 0.667. The summed E-state index contributed by atoms with van der Waals surface area (Å²) in [6.07, 6.45) is 5.87. The van der Waals surface area contributed by atoms with Gasteiger partial charge in [-0.3, -0.25) is 14.5 Å². The molecule has 0 aromatic heterocycles. The number of amides is 2. The highest BCUT2D eigenvalue weighted by Crippen LogP contribution is 2.40. The molecule has 3 saturated heterocycles. The van der Waals surface area contributed by atoms with Crippen LogP contribution in [0.25, 0.3) is 0 Å². The number of benzene rings is 1. The third-order valence-corrected chi connectivity index (χ3v) is 7.16. The van der Waals surface area contributed by atoms with Crippen molar-refractivity contribution in [2.75, 3.05) is 53.5 Å².